The van der Waals surface area contributed by atoms with Crippen molar-refractivity contribution in [3.05, 3.63) is 48.3 Å². The summed E-state index contributed by atoms with van der Waals surface area (Å²) in [6.07, 6.45) is 6.35. The van der Waals surface area contributed by atoms with Crippen LogP contribution in [0.1, 0.15) is 11.3 Å². The van der Waals surface area contributed by atoms with Crippen molar-refractivity contribution in [2.24, 2.45) is 0 Å². The molecule has 0 spiro atoms. The molecule has 2 rings (SSSR count). The number of nitrogens with one attached hydrogen (secondary N) is 3. The minimum absolute atomic E-state index is 0.137. The average molecular weight is 289 g/mol. The van der Waals surface area contributed by atoms with Crippen LogP contribution in [0.15, 0.2) is 37.1 Å². The molecule has 110 valence electrons. The Morgan fingerprint density at radius 1 is 1.29 bits per heavy atom. The van der Waals surface area contributed by atoms with Gasteiger partial charge in [0, 0.05) is 37.3 Å². The number of aliphatic carboxylic acids is 1. The zero-order valence-electron chi connectivity index (χ0n) is 11.1. The first-order chi connectivity index (χ1) is 10.1. The lowest BCUT2D eigenvalue weighted by Crippen LogP contribution is -2.46. The average Bonchev–Trinajstić information content (AvgIpc) is 2.98. The number of carbonyl (C=O) groups is 2. The highest BCUT2D eigenvalue weighted by Gasteiger charge is 2.20. The van der Waals surface area contributed by atoms with Gasteiger partial charge in [0.05, 0.1) is 6.33 Å². The molecular weight excluding hydrogens is 274 g/mol. The number of rotatable bonds is 6. The van der Waals surface area contributed by atoms with E-state index in [1.807, 2.05) is 0 Å². The number of pyridine rings is 1. The Hall–Kier alpha value is -2.90. The molecule has 8 heteroatoms. The smallest absolute Gasteiger partial charge is 0.326 e. The van der Waals surface area contributed by atoms with E-state index in [0.29, 0.717) is 12.2 Å². The van der Waals surface area contributed by atoms with Crippen molar-refractivity contribution in [2.75, 3.05) is 0 Å². The van der Waals surface area contributed by atoms with E-state index in [1.165, 1.54) is 12.5 Å². The lowest BCUT2D eigenvalue weighted by atomic mass is 10.2. The Morgan fingerprint density at radius 3 is 2.67 bits per heavy atom. The van der Waals surface area contributed by atoms with E-state index in [1.54, 1.807) is 24.5 Å². The van der Waals surface area contributed by atoms with Crippen LogP contribution in [-0.2, 0) is 17.8 Å². The van der Waals surface area contributed by atoms with Crippen molar-refractivity contribution in [1.82, 2.24) is 25.6 Å². The van der Waals surface area contributed by atoms with Gasteiger partial charge in [-0.2, -0.15) is 0 Å². The van der Waals surface area contributed by atoms with E-state index >= 15 is 0 Å². The van der Waals surface area contributed by atoms with Crippen molar-refractivity contribution < 1.29 is 14.7 Å². The van der Waals surface area contributed by atoms with E-state index in [4.69, 9.17) is 5.11 Å². The zero-order chi connectivity index (χ0) is 15.1. The predicted octanol–water partition coefficient (Wildman–Crippen LogP) is 0.300. The lowest BCUT2D eigenvalue weighted by molar-refractivity contribution is -0.139. The normalized spacial score (nSPS) is 11.6. The zero-order valence-corrected chi connectivity index (χ0v) is 11.1. The fourth-order valence-electron chi connectivity index (χ4n) is 1.71. The first-order valence-electron chi connectivity index (χ1n) is 6.28. The van der Waals surface area contributed by atoms with E-state index in [9.17, 15) is 9.59 Å². The third-order valence-electron chi connectivity index (χ3n) is 2.78. The summed E-state index contributed by atoms with van der Waals surface area (Å²) in [5.41, 5.74) is 1.51. The van der Waals surface area contributed by atoms with Crippen LogP contribution in [-0.4, -0.2) is 38.1 Å². The molecule has 4 N–H and O–H groups in total. The van der Waals surface area contributed by atoms with Gasteiger partial charge in [0.2, 0.25) is 0 Å². The number of hydrogen-bond donors (Lipinski definition) is 4. The molecular formula is C13H15N5O3. The molecule has 2 aromatic heterocycles. The van der Waals surface area contributed by atoms with Crippen LogP contribution in [0.2, 0.25) is 0 Å². The lowest BCUT2D eigenvalue weighted by Gasteiger charge is -2.14. The maximum atomic E-state index is 11.7. The van der Waals surface area contributed by atoms with Gasteiger partial charge in [-0.25, -0.2) is 14.6 Å². The fraction of sp³-hybridized carbons (Fsp3) is 0.231. The van der Waals surface area contributed by atoms with Gasteiger partial charge >= 0.3 is 12.0 Å². The second-order valence-corrected chi connectivity index (χ2v) is 4.35. The van der Waals surface area contributed by atoms with Crippen LogP contribution < -0.4 is 10.6 Å². The summed E-state index contributed by atoms with van der Waals surface area (Å²) < 4.78 is 0. The van der Waals surface area contributed by atoms with Crippen LogP contribution in [0.25, 0.3) is 0 Å². The molecule has 8 nitrogen and oxygen atoms in total. The standard InChI is InChI=1S/C13H15N5O3/c19-12(20)11(5-10-7-15-8-17-10)18-13(21)16-6-9-1-3-14-4-2-9/h1-4,7-8,11H,5-6H2,(H,15,17)(H,19,20)(H2,16,18,21)/t11-/m0/s1. The van der Waals surface area contributed by atoms with Crippen molar-refractivity contribution in [2.45, 2.75) is 19.0 Å². The summed E-state index contributed by atoms with van der Waals surface area (Å²) in [5, 5.41) is 14.1. The molecule has 0 aliphatic rings. The SMILES string of the molecule is O=C(NCc1ccncc1)N[C@@H](Cc1cnc[nH]1)C(=O)O. The Labute approximate surface area is 120 Å². The molecule has 0 unspecified atom stereocenters. The van der Waals surface area contributed by atoms with Crippen LogP contribution in [0.5, 0.6) is 0 Å². The number of carboxylic acids is 1. The van der Waals surface area contributed by atoms with Gasteiger partial charge in [0.15, 0.2) is 0 Å². The highest BCUT2D eigenvalue weighted by molar-refractivity contribution is 5.82. The Balaban J connectivity index is 1.85. The maximum Gasteiger partial charge on any atom is 0.326 e. The molecule has 0 saturated heterocycles. The van der Waals surface area contributed by atoms with Crippen LogP contribution in [0.3, 0.4) is 0 Å². The molecule has 1 atom stereocenters. The minimum atomic E-state index is -1.11. The molecule has 0 aliphatic heterocycles. The minimum Gasteiger partial charge on any atom is -0.480 e. The van der Waals surface area contributed by atoms with Crippen LogP contribution >= 0.6 is 0 Å². The highest BCUT2D eigenvalue weighted by atomic mass is 16.4. The quantitative estimate of drug-likeness (QED) is 0.609. The number of urea groups is 1. The number of aromatic nitrogens is 3. The largest absolute Gasteiger partial charge is 0.480 e. The Bertz CT molecular complexity index is 585. The summed E-state index contributed by atoms with van der Waals surface area (Å²) in [7, 11) is 0. The Kier molecular flexibility index (Phi) is 4.86. The molecule has 21 heavy (non-hydrogen) atoms. The van der Waals surface area contributed by atoms with Gasteiger partial charge in [0.1, 0.15) is 6.04 Å². The summed E-state index contributed by atoms with van der Waals surface area (Å²) >= 11 is 0. The van der Waals surface area contributed by atoms with E-state index in [2.05, 4.69) is 25.6 Å². The third kappa shape index (κ3) is 4.60. The molecule has 2 heterocycles. The van der Waals surface area contributed by atoms with Gasteiger partial charge in [-0.1, -0.05) is 0 Å². The number of amides is 2. The summed E-state index contributed by atoms with van der Waals surface area (Å²) in [6, 6.07) is 1.96. The number of H-pyrrole nitrogens is 1. The fourth-order valence-corrected chi connectivity index (χ4v) is 1.71. The second kappa shape index (κ2) is 7.04. The van der Waals surface area contributed by atoms with E-state index in [0.717, 1.165) is 5.56 Å². The maximum absolute atomic E-state index is 11.7. The molecule has 0 radical (unpaired) electrons. The second-order valence-electron chi connectivity index (χ2n) is 4.35. The molecule has 0 aromatic carbocycles. The van der Waals surface area contributed by atoms with Gasteiger partial charge < -0.3 is 20.7 Å². The molecule has 0 fully saturated rings. The van der Waals surface area contributed by atoms with Gasteiger partial charge in [-0.3, -0.25) is 4.98 Å². The number of carbonyl (C=O) groups excluding carboxylic acids is 1. The number of hydrogen-bond acceptors (Lipinski definition) is 4. The Morgan fingerprint density at radius 2 is 2.05 bits per heavy atom. The summed E-state index contributed by atoms with van der Waals surface area (Å²) in [6.45, 7) is 0.296. The highest BCUT2D eigenvalue weighted by Crippen LogP contribution is 1.99. The number of nitrogens with zero attached hydrogens (tertiary/aromatic N) is 2. The van der Waals surface area contributed by atoms with Crippen molar-refractivity contribution in [3.8, 4) is 0 Å². The molecule has 0 bridgehead atoms. The number of aromatic amines is 1. The molecule has 0 aliphatic carbocycles. The molecule has 2 amide bonds. The number of imidazole rings is 1. The predicted molar refractivity (Wildman–Crippen MR) is 73.3 cm³/mol. The van der Waals surface area contributed by atoms with Gasteiger partial charge in [0.25, 0.3) is 0 Å². The summed E-state index contributed by atoms with van der Waals surface area (Å²) in [5.74, 6) is -1.11. The first-order valence-corrected chi connectivity index (χ1v) is 6.28. The van der Waals surface area contributed by atoms with Crippen molar-refractivity contribution in [3.63, 3.8) is 0 Å². The van der Waals surface area contributed by atoms with Crippen molar-refractivity contribution in [1.29, 1.82) is 0 Å². The topological polar surface area (TPSA) is 120 Å². The third-order valence-corrected chi connectivity index (χ3v) is 2.78. The van der Waals surface area contributed by atoms with E-state index in [-0.39, 0.29) is 6.42 Å². The monoisotopic (exact) mass is 289 g/mol. The molecule has 2 aromatic rings. The number of carboxylic acid groups (broad SMARTS) is 1. The van der Waals surface area contributed by atoms with Crippen LogP contribution in [0, 0.1) is 0 Å². The van der Waals surface area contributed by atoms with Crippen molar-refractivity contribution >= 4 is 12.0 Å². The van der Waals surface area contributed by atoms with E-state index < -0.39 is 18.0 Å². The van der Waals surface area contributed by atoms with Crippen LogP contribution in [0.4, 0.5) is 4.79 Å². The first kappa shape index (κ1) is 14.5. The molecule has 0 saturated carbocycles. The van der Waals surface area contributed by atoms with Gasteiger partial charge in [-0.15, -0.1) is 0 Å². The summed E-state index contributed by atoms with van der Waals surface area (Å²) in [4.78, 5) is 33.4. The van der Waals surface area contributed by atoms with Gasteiger partial charge in [-0.05, 0) is 17.7 Å².